The minimum Gasteiger partial charge on any atom is -0.493 e. The Hall–Kier alpha value is -2.87. The number of likely N-dealkylation sites (tertiary alicyclic amines) is 1. The largest absolute Gasteiger partial charge is 0.493 e. The van der Waals surface area contributed by atoms with E-state index in [-0.39, 0.29) is 11.8 Å². The van der Waals surface area contributed by atoms with Crippen molar-refractivity contribution in [1.29, 1.82) is 0 Å². The summed E-state index contributed by atoms with van der Waals surface area (Å²) in [6.07, 6.45) is 1.64. The monoisotopic (exact) mass is 412 g/mol. The molecule has 29 heavy (non-hydrogen) atoms. The molecule has 1 saturated heterocycles. The molecule has 2 aromatic heterocycles. The first-order valence-electron chi connectivity index (χ1n) is 9.65. The number of H-pyrrole nitrogens is 1. The van der Waals surface area contributed by atoms with Gasteiger partial charge in [-0.1, -0.05) is 12.1 Å². The predicted molar refractivity (Wildman–Crippen MR) is 111 cm³/mol. The number of amides is 1. The number of nitrogens with one attached hydrogen (secondary N) is 1. The average Bonchev–Trinajstić information content (AvgIpc) is 3.48. The molecule has 1 N–H and O–H groups in total. The van der Waals surface area contributed by atoms with Gasteiger partial charge in [-0.25, -0.2) is 4.98 Å². The molecule has 8 heteroatoms. The van der Waals surface area contributed by atoms with E-state index in [2.05, 4.69) is 21.2 Å². The van der Waals surface area contributed by atoms with E-state index in [9.17, 15) is 4.79 Å². The van der Waals surface area contributed by atoms with E-state index in [1.165, 1.54) is 11.3 Å². The SMILES string of the molecule is COc1ccccc1OCCc1cc(C2CCN(C(=O)c3scnc3C)C2)n[nH]1. The molecule has 1 amide bonds. The molecule has 7 nitrogen and oxygen atoms in total. The topological polar surface area (TPSA) is 80.3 Å². The van der Waals surface area contributed by atoms with Crippen molar-refractivity contribution < 1.29 is 14.3 Å². The van der Waals surface area contributed by atoms with Crippen molar-refractivity contribution >= 4 is 17.2 Å². The standard InChI is InChI=1S/C21H24N4O3S/c1-14-20(29-13-22-14)21(26)25-9-7-15(12-25)17-11-16(23-24-17)8-10-28-19-6-4-3-5-18(19)27-2/h3-6,11,13,15H,7-10,12H2,1-2H3,(H,23,24). The number of hydrogen-bond donors (Lipinski definition) is 1. The molecule has 1 aliphatic rings. The number of aryl methyl sites for hydroxylation is 1. The number of carbonyl (C=O) groups excluding carboxylic acids is 1. The van der Waals surface area contributed by atoms with Gasteiger partial charge in [0.1, 0.15) is 4.88 Å². The molecule has 0 bridgehead atoms. The number of aromatic amines is 1. The first-order valence-corrected chi connectivity index (χ1v) is 10.5. The molecule has 0 saturated carbocycles. The van der Waals surface area contributed by atoms with E-state index in [0.717, 1.165) is 52.8 Å². The van der Waals surface area contributed by atoms with E-state index in [1.807, 2.05) is 36.1 Å². The lowest BCUT2D eigenvalue weighted by molar-refractivity contribution is 0.0794. The Balaban J connectivity index is 1.31. The molecule has 152 valence electrons. The summed E-state index contributed by atoms with van der Waals surface area (Å²) >= 11 is 1.41. The number of carbonyl (C=O) groups is 1. The van der Waals surface area contributed by atoms with Crippen LogP contribution in [0.4, 0.5) is 0 Å². The third-order valence-corrected chi connectivity index (χ3v) is 6.10. The van der Waals surface area contributed by atoms with Gasteiger partial charge in [-0.15, -0.1) is 11.3 Å². The summed E-state index contributed by atoms with van der Waals surface area (Å²) in [4.78, 5) is 19.5. The molecule has 4 rings (SSSR count). The van der Waals surface area contributed by atoms with E-state index >= 15 is 0 Å². The van der Waals surface area contributed by atoms with Gasteiger partial charge in [0, 0.05) is 31.1 Å². The number of methoxy groups -OCH3 is 1. The highest BCUT2D eigenvalue weighted by atomic mass is 32.1. The molecule has 1 aromatic carbocycles. The van der Waals surface area contributed by atoms with Crippen molar-refractivity contribution in [2.24, 2.45) is 0 Å². The maximum Gasteiger partial charge on any atom is 0.265 e. The van der Waals surface area contributed by atoms with Gasteiger partial charge in [0.05, 0.1) is 30.6 Å². The quantitative estimate of drug-likeness (QED) is 0.643. The summed E-state index contributed by atoms with van der Waals surface area (Å²) in [6.45, 7) is 3.85. The van der Waals surface area contributed by atoms with Crippen molar-refractivity contribution in [3.63, 3.8) is 0 Å². The Morgan fingerprint density at radius 1 is 1.34 bits per heavy atom. The lowest BCUT2D eigenvalue weighted by Gasteiger charge is -2.15. The van der Waals surface area contributed by atoms with Crippen LogP contribution in [0.25, 0.3) is 0 Å². The van der Waals surface area contributed by atoms with Crippen LogP contribution in [0.15, 0.2) is 35.8 Å². The second kappa shape index (κ2) is 8.65. The van der Waals surface area contributed by atoms with E-state index < -0.39 is 0 Å². The number of aromatic nitrogens is 3. The van der Waals surface area contributed by atoms with Crippen molar-refractivity contribution in [2.75, 3.05) is 26.8 Å². The fourth-order valence-electron chi connectivity index (χ4n) is 3.56. The van der Waals surface area contributed by atoms with E-state index in [4.69, 9.17) is 9.47 Å². The van der Waals surface area contributed by atoms with Crippen LogP contribution in [0.1, 0.15) is 39.1 Å². The molecule has 1 unspecified atom stereocenters. The first-order chi connectivity index (χ1) is 14.2. The second-order valence-corrected chi connectivity index (χ2v) is 7.93. The van der Waals surface area contributed by atoms with Gasteiger partial charge in [0.2, 0.25) is 0 Å². The normalized spacial score (nSPS) is 16.2. The number of nitrogens with zero attached hydrogens (tertiary/aromatic N) is 3. The first kappa shape index (κ1) is 19.4. The van der Waals surface area contributed by atoms with Crippen molar-refractivity contribution in [2.45, 2.75) is 25.7 Å². The van der Waals surface area contributed by atoms with Crippen LogP contribution in [0, 0.1) is 6.92 Å². The number of hydrogen-bond acceptors (Lipinski definition) is 6. The Bertz CT molecular complexity index is 984. The number of para-hydroxylation sites is 2. The van der Waals surface area contributed by atoms with Gasteiger partial charge < -0.3 is 14.4 Å². The van der Waals surface area contributed by atoms with Gasteiger partial charge in [-0.3, -0.25) is 9.89 Å². The lowest BCUT2D eigenvalue weighted by Crippen LogP contribution is -2.28. The molecule has 1 aliphatic heterocycles. The Morgan fingerprint density at radius 2 is 2.17 bits per heavy atom. The zero-order valence-electron chi connectivity index (χ0n) is 16.6. The molecule has 1 atom stereocenters. The van der Waals surface area contributed by atoms with Crippen LogP contribution in [-0.2, 0) is 6.42 Å². The van der Waals surface area contributed by atoms with E-state index in [1.54, 1.807) is 12.6 Å². The van der Waals surface area contributed by atoms with E-state index in [0.29, 0.717) is 13.2 Å². The number of ether oxygens (including phenoxy) is 2. The number of benzene rings is 1. The smallest absolute Gasteiger partial charge is 0.265 e. The molecular formula is C21H24N4O3S. The van der Waals surface area contributed by atoms with Gasteiger partial charge >= 0.3 is 0 Å². The Kier molecular flexibility index (Phi) is 5.80. The van der Waals surface area contributed by atoms with Crippen LogP contribution < -0.4 is 9.47 Å². The summed E-state index contributed by atoms with van der Waals surface area (Å²) < 4.78 is 11.1. The molecule has 1 fully saturated rings. The molecule has 0 aliphatic carbocycles. The van der Waals surface area contributed by atoms with Crippen LogP contribution in [0.5, 0.6) is 11.5 Å². The van der Waals surface area contributed by atoms with Crippen LogP contribution in [-0.4, -0.2) is 52.8 Å². The summed E-state index contributed by atoms with van der Waals surface area (Å²) in [5, 5.41) is 7.58. The number of thiazole rings is 1. The highest BCUT2D eigenvalue weighted by molar-refractivity contribution is 7.11. The maximum atomic E-state index is 12.7. The fourth-order valence-corrected chi connectivity index (χ4v) is 4.33. The molecule has 0 radical (unpaired) electrons. The minimum atomic E-state index is 0.0773. The summed E-state index contributed by atoms with van der Waals surface area (Å²) in [5.74, 6) is 1.79. The van der Waals surface area contributed by atoms with Crippen LogP contribution >= 0.6 is 11.3 Å². The van der Waals surface area contributed by atoms with Gasteiger partial charge in [0.15, 0.2) is 11.5 Å². The Morgan fingerprint density at radius 3 is 2.93 bits per heavy atom. The summed E-state index contributed by atoms with van der Waals surface area (Å²) in [7, 11) is 1.63. The third-order valence-electron chi connectivity index (χ3n) is 5.18. The lowest BCUT2D eigenvalue weighted by atomic mass is 10.0. The van der Waals surface area contributed by atoms with Crippen molar-refractivity contribution in [3.8, 4) is 11.5 Å². The van der Waals surface area contributed by atoms with Gasteiger partial charge in [-0.2, -0.15) is 5.10 Å². The maximum absolute atomic E-state index is 12.7. The van der Waals surface area contributed by atoms with Crippen molar-refractivity contribution in [1.82, 2.24) is 20.1 Å². The van der Waals surface area contributed by atoms with Crippen molar-refractivity contribution in [3.05, 3.63) is 57.8 Å². The second-order valence-electron chi connectivity index (χ2n) is 7.07. The van der Waals surface area contributed by atoms with Crippen LogP contribution in [0.3, 0.4) is 0 Å². The third kappa shape index (κ3) is 4.27. The summed E-state index contributed by atoms with van der Waals surface area (Å²) in [6, 6.07) is 9.70. The fraction of sp³-hybridized carbons (Fsp3) is 0.381. The predicted octanol–water partition coefficient (Wildman–Crippen LogP) is 3.43. The highest BCUT2D eigenvalue weighted by Gasteiger charge is 2.30. The van der Waals surface area contributed by atoms with Gasteiger partial charge in [0.25, 0.3) is 5.91 Å². The molecule has 3 aromatic rings. The average molecular weight is 413 g/mol. The summed E-state index contributed by atoms with van der Waals surface area (Å²) in [5.41, 5.74) is 4.57. The molecular weight excluding hydrogens is 388 g/mol. The highest BCUT2D eigenvalue weighted by Crippen LogP contribution is 2.29. The number of rotatable bonds is 7. The molecule has 3 heterocycles. The van der Waals surface area contributed by atoms with Gasteiger partial charge in [-0.05, 0) is 31.5 Å². The molecule has 0 spiro atoms. The zero-order valence-corrected chi connectivity index (χ0v) is 17.4. The zero-order chi connectivity index (χ0) is 20.2. The van der Waals surface area contributed by atoms with Crippen LogP contribution in [0.2, 0.25) is 0 Å². The Labute approximate surface area is 173 Å². The minimum absolute atomic E-state index is 0.0773.